The summed E-state index contributed by atoms with van der Waals surface area (Å²) in [7, 11) is 0. The van der Waals surface area contributed by atoms with Crippen molar-refractivity contribution < 1.29 is 14.3 Å². The second-order valence-electron chi connectivity index (χ2n) is 7.61. The monoisotopic (exact) mass is 418 g/mol. The number of carbonyl (C=O) groups is 2. The van der Waals surface area contributed by atoms with E-state index in [2.05, 4.69) is 4.98 Å². The molecule has 0 aliphatic carbocycles. The lowest BCUT2D eigenvalue weighted by molar-refractivity contribution is -0.135. The van der Waals surface area contributed by atoms with Crippen LogP contribution in [0.25, 0.3) is 10.2 Å². The molecule has 8 nitrogen and oxygen atoms in total. The van der Waals surface area contributed by atoms with E-state index in [9.17, 15) is 14.4 Å². The Morgan fingerprint density at radius 2 is 1.76 bits per heavy atom. The average Bonchev–Trinajstić information content (AvgIpc) is 2.91. The molecular formula is C20H26N4O4S. The van der Waals surface area contributed by atoms with Gasteiger partial charge in [-0.25, -0.2) is 4.98 Å². The average molecular weight is 419 g/mol. The molecule has 0 radical (unpaired) electrons. The molecule has 0 N–H and O–H groups in total. The van der Waals surface area contributed by atoms with Gasteiger partial charge in [0.05, 0.1) is 29.8 Å². The number of nitrogens with zero attached hydrogens (tertiary/aromatic N) is 4. The fourth-order valence-corrected chi connectivity index (χ4v) is 5.06. The summed E-state index contributed by atoms with van der Waals surface area (Å²) in [5.74, 6) is -0.131. The number of hydrogen-bond acceptors (Lipinski definition) is 6. The number of ether oxygens (including phenoxy) is 1. The smallest absolute Gasteiger partial charge is 0.264 e. The summed E-state index contributed by atoms with van der Waals surface area (Å²) in [5.41, 5.74) is 0.408. The van der Waals surface area contributed by atoms with Crippen molar-refractivity contribution in [1.82, 2.24) is 19.4 Å². The molecule has 4 rings (SSSR count). The van der Waals surface area contributed by atoms with Crippen molar-refractivity contribution >= 4 is 33.4 Å². The summed E-state index contributed by atoms with van der Waals surface area (Å²) in [6.45, 7) is 5.39. The molecule has 0 unspecified atom stereocenters. The van der Waals surface area contributed by atoms with Crippen molar-refractivity contribution in [2.24, 2.45) is 0 Å². The molecule has 2 fully saturated rings. The molecule has 9 heteroatoms. The predicted molar refractivity (Wildman–Crippen MR) is 110 cm³/mol. The number of fused-ring (bicyclic) bond motifs is 1. The molecule has 0 bridgehead atoms. The molecule has 2 aliphatic heterocycles. The van der Waals surface area contributed by atoms with E-state index in [4.69, 9.17) is 4.74 Å². The molecule has 4 heterocycles. The number of thiophene rings is 1. The van der Waals surface area contributed by atoms with Crippen LogP contribution in [0.5, 0.6) is 0 Å². The van der Waals surface area contributed by atoms with Crippen LogP contribution < -0.4 is 5.56 Å². The number of aryl methyl sites for hydroxylation is 1. The van der Waals surface area contributed by atoms with Gasteiger partial charge in [-0.1, -0.05) is 12.8 Å². The Labute approximate surface area is 173 Å². The first-order valence-corrected chi connectivity index (χ1v) is 11.0. The van der Waals surface area contributed by atoms with E-state index in [1.807, 2.05) is 4.90 Å². The van der Waals surface area contributed by atoms with Crippen LogP contribution >= 0.6 is 11.3 Å². The van der Waals surface area contributed by atoms with Crippen LogP contribution in [0.3, 0.4) is 0 Å². The van der Waals surface area contributed by atoms with E-state index in [-0.39, 0.29) is 23.9 Å². The first-order chi connectivity index (χ1) is 14.1. The van der Waals surface area contributed by atoms with Gasteiger partial charge in [-0.2, -0.15) is 0 Å². The van der Waals surface area contributed by atoms with Crippen molar-refractivity contribution in [3.8, 4) is 0 Å². The number of morpholine rings is 1. The number of likely N-dealkylation sites (tertiary alicyclic amines) is 1. The zero-order valence-corrected chi connectivity index (χ0v) is 17.5. The third kappa shape index (κ3) is 4.06. The molecule has 2 aromatic rings. The van der Waals surface area contributed by atoms with Crippen molar-refractivity contribution in [3.63, 3.8) is 0 Å². The maximum Gasteiger partial charge on any atom is 0.264 e. The number of rotatable bonds is 3. The highest BCUT2D eigenvalue weighted by molar-refractivity contribution is 7.20. The van der Waals surface area contributed by atoms with Crippen LogP contribution in [0.2, 0.25) is 0 Å². The van der Waals surface area contributed by atoms with E-state index < -0.39 is 0 Å². The maximum absolute atomic E-state index is 13.1. The summed E-state index contributed by atoms with van der Waals surface area (Å²) in [6.07, 6.45) is 5.76. The zero-order valence-electron chi connectivity index (χ0n) is 16.7. The van der Waals surface area contributed by atoms with E-state index in [1.54, 1.807) is 11.8 Å². The van der Waals surface area contributed by atoms with E-state index in [0.29, 0.717) is 47.0 Å². The normalized spacial score (nSPS) is 18.1. The molecule has 29 heavy (non-hydrogen) atoms. The SMILES string of the molecule is Cc1c(C(=O)N2CCCCCC2)sc2ncn(CC(=O)N3CCOCC3)c(=O)c12. The molecule has 2 saturated heterocycles. The van der Waals surface area contributed by atoms with Gasteiger partial charge in [0.25, 0.3) is 11.5 Å². The highest BCUT2D eigenvalue weighted by atomic mass is 32.1. The number of amides is 2. The fraction of sp³-hybridized carbons (Fsp3) is 0.600. The summed E-state index contributed by atoms with van der Waals surface area (Å²) >= 11 is 1.27. The van der Waals surface area contributed by atoms with Gasteiger partial charge in [-0.05, 0) is 25.3 Å². The lowest BCUT2D eigenvalue weighted by Crippen LogP contribution is -2.43. The Morgan fingerprint density at radius 3 is 2.45 bits per heavy atom. The first-order valence-electron chi connectivity index (χ1n) is 10.2. The van der Waals surface area contributed by atoms with Crippen LogP contribution in [0, 0.1) is 6.92 Å². The Bertz CT molecular complexity index is 969. The van der Waals surface area contributed by atoms with Gasteiger partial charge in [0.2, 0.25) is 5.91 Å². The number of hydrogen-bond donors (Lipinski definition) is 0. The second kappa shape index (κ2) is 8.62. The highest BCUT2D eigenvalue weighted by Crippen LogP contribution is 2.28. The molecule has 0 atom stereocenters. The third-order valence-electron chi connectivity index (χ3n) is 5.67. The standard InChI is InChI=1S/C20H26N4O4S/c1-14-16-18(29-17(14)20(27)23-6-4-2-3-5-7-23)21-13-24(19(16)26)12-15(25)22-8-10-28-11-9-22/h13H,2-12H2,1H3. The Balaban J connectivity index is 1.61. The van der Waals surface area contributed by atoms with Crippen LogP contribution in [-0.2, 0) is 16.1 Å². The molecule has 2 aromatic heterocycles. The lowest BCUT2D eigenvalue weighted by atomic mass is 10.2. The summed E-state index contributed by atoms with van der Waals surface area (Å²) in [5, 5.41) is 0.449. The Morgan fingerprint density at radius 1 is 1.07 bits per heavy atom. The summed E-state index contributed by atoms with van der Waals surface area (Å²) in [6, 6.07) is 0. The van der Waals surface area contributed by atoms with Gasteiger partial charge >= 0.3 is 0 Å². The quantitative estimate of drug-likeness (QED) is 0.757. The van der Waals surface area contributed by atoms with Crippen LogP contribution in [0.15, 0.2) is 11.1 Å². The number of aromatic nitrogens is 2. The van der Waals surface area contributed by atoms with Gasteiger partial charge in [0.15, 0.2) is 0 Å². The van der Waals surface area contributed by atoms with Gasteiger partial charge in [-0.15, -0.1) is 11.3 Å². The van der Waals surface area contributed by atoms with Gasteiger partial charge < -0.3 is 14.5 Å². The summed E-state index contributed by atoms with van der Waals surface area (Å²) in [4.78, 5) is 47.7. The van der Waals surface area contributed by atoms with Gasteiger partial charge in [0.1, 0.15) is 11.4 Å². The third-order valence-corrected chi connectivity index (χ3v) is 6.86. The maximum atomic E-state index is 13.1. The van der Waals surface area contributed by atoms with Crippen molar-refractivity contribution in [2.75, 3.05) is 39.4 Å². The molecule has 156 valence electrons. The van der Waals surface area contributed by atoms with Crippen molar-refractivity contribution in [2.45, 2.75) is 39.2 Å². The summed E-state index contributed by atoms with van der Waals surface area (Å²) < 4.78 is 6.62. The fourth-order valence-electron chi connectivity index (χ4n) is 3.95. The second-order valence-corrected chi connectivity index (χ2v) is 8.61. The molecule has 2 amide bonds. The van der Waals surface area contributed by atoms with Gasteiger partial charge in [0, 0.05) is 26.2 Å². The molecule has 2 aliphatic rings. The lowest BCUT2D eigenvalue weighted by Gasteiger charge is -2.26. The van der Waals surface area contributed by atoms with Crippen LogP contribution in [0.1, 0.15) is 40.9 Å². The topological polar surface area (TPSA) is 84.7 Å². The van der Waals surface area contributed by atoms with E-state index >= 15 is 0 Å². The number of carbonyl (C=O) groups excluding carboxylic acids is 2. The van der Waals surface area contributed by atoms with Crippen molar-refractivity contribution in [1.29, 1.82) is 0 Å². The zero-order chi connectivity index (χ0) is 20.4. The van der Waals surface area contributed by atoms with Crippen molar-refractivity contribution in [3.05, 3.63) is 27.1 Å². The molecule has 0 aromatic carbocycles. The minimum Gasteiger partial charge on any atom is -0.378 e. The minimum absolute atomic E-state index is 0.0113. The van der Waals surface area contributed by atoms with Crippen LogP contribution in [-0.4, -0.2) is 70.6 Å². The van der Waals surface area contributed by atoms with E-state index in [1.165, 1.54) is 22.2 Å². The van der Waals surface area contributed by atoms with E-state index in [0.717, 1.165) is 38.8 Å². The highest BCUT2D eigenvalue weighted by Gasteiger charge is 2.25. The molecule has 0 saturated carbocycles. The molecular weight excluding hydrogens is 392 g/mol. The minimum atomic E-state index is -0.264. The molecule has 0 spiro atoms. The van der Waals surface area contributed by atoms with Gasteiger partial charge in [-0.3, -0.25) is 19.0 Å². The van der Waals surface area contributed by atoms with Crippen LogP contribution in [0.4, 0.5) is 0 Å². The Kier molecular flexibility index (Phi) is 5.96. The largest absolute Gasteiger partial charge is 0.378 e. The predicted octanol–water partition coefficient (Wildman–Crippen LogP) is 1.64. The first kappa shape index (κ1) is 20.0. The Hall–Kier alpha value is -2.26.